The predicted molar refractivity (Wildman–Crippen MR) is 115 cm³/mol. The fourth-order valence-electron chi connectivity index (χ4n) is 2.89. The first-order valence-corrected chi connectivity index (χ1v) is 9.98. The van der Waals surface area contributed by atoms with Crippen molar-refractivity contribution < 1.29 is 19.1 Å². The third-order valence-electron chi connectivity index (χ3n) is 4.59. The number of carbonyl (C=O) groups is 2. The Bertz CT molecular complexity index is 757. The molecule has 0 saturated carbocycles. The third kappa shape index (κ3) is 8.25. The van der Waals surface area contributed by atoms with E-state index < -0.39 is 0 Å². The summed E-state index contributed by atoms with van der Waals surface area (Å²) in [7, 11) is 3.21. The van der Waals surface area contributed by atoms with Crippen molar-refractivity contribution in [2.24, 2.45) is 0 Å². The molecule has 0 saturated heterocycles. The van der Waals surface area contributed by atoms with E-state index >= 15 is 0 Å². The molecule has 2 amide bonds. The Balaban J connectivity index is 1.49. The summed E-state index contributed by atoms with van der Waals surface area (Å²) in [6, 6.07) is 14.4. The Morgan fingerprint density at radius 3 is 1.93 bits per heavy atom. The average molecular weight is 399 g/mol. The van der Waals surface area contributed by atoms with Crippen LogP contribution in [0.2, 0.25) is 0 Å². The van der Waals surface area contributed by atoms with Crippen LogP contribution in [-0.2, 0) is 4.79 Å². The molecule has 2 rings (SSSR count). The Labute approximate surface area is 172 Å². The van der Waals surface area contributed by atoms with Crippen LogP contribution in [0.5, 0.6) is 11.5 Å². The zero-order valence-electron chi connectivity index (χ0n) is 17.2. The number of unbranched alkanes of at least 4 members (excludes halogenated alkanes) is 4. The number of amides is 2. The Morgan fingerprint density at radius 1 is 0.759 bits per heavy atom. The molecule has 0 unspecified atom stereocenters. The molecule has 0 radical (unpaired) electrons. The average Bonchev–Trinajstić information content (AvgIpc) is 2.76. The van der Waals surface area contributed by atoms with Gasteiger partial charge in [-0.3, -0.25) is 9.59 Å². The Hall–Kier alpha value is -3.02. The van der Waals surface area contributed by atoms with Gasteiger partial charge in [-0.2, -0.15) is 0 Å². The van der Waals surface area contributed by atoms with E-state index in [1.807, 2.05) is 24.3 Å². The maximum Gasteiger partial charge on any atom is 0.251 e. The highest BCUT2D eigenvalue weighted by Gasteiger charge is 2.05. The van der Waals surface area contributed by atoms with E-state index in [4.69, 9.17) is 9.47 Å². The Morgan fingerprint density at radius 2 is 1.31 bits per heavy atom. The molecule has 29 heavy (non-hydrogen) atoms. The van der Waals surface area contributed by atoms with Crippen LogP contribution in [0.25, 0.3) is 0 Å². The molecule has 0 aliphatic carbocycles. The number of anilines is 1. The summed E-state index contributed by atoms with van der Waals surface area (Å²) in [6.45, 7) is 0.656. The minimum atomic E-state index is -0.0668. The molecular formula is C23H30N2O4. The van der Waals surface area contributed by atoms with Gasteiger partial charge in [-0.1, -0.05) is 19.3 Å². The van der Waals surface area contributed by atoms with Crippen molar-refractivity contribution in [2.45, 2.75) is 38.5 Å². The van der Waals surface area contributed by atoms with E-state index in [0.29, 0.717) is 18.5 Å². The lowest BCUT2D eigenvalue weighted by molar-refractivity contribution is -0.116. The summed E-state index contributed by atoms with van der Waals surface area (Å²) < 4.78 is 10.2. The fraction of sp³-hybridized carbons (Fsp3) is 0.391. The van der Waals surface area contributed by atoms with Gasteiger partial charge in [0.15, 0.2) is 0 Å². The predicted octanol–water partition coefficient (Wildman–Crippen LogP) is 4.41. The second kappa shape index (κ2) is 12.4. The first kappa shape index (κ1) is 22.3. The number of carbonyl (C=O) groups excluding carboxylic acids is 2. The normalized spacial score (nSPS) is 10.3. The van der Waals surface area contributed by atoms with Crippen LogP contribution in [0, 0.1) is 0 Å². The third-order valence-corrected chi connectivity index (χ3v) is 4.59. The maximum absolute atomic E-state index is 12.0. The van der Waals surface area contributed by atoms with Gasteiger partial charge >= 0.3 is 0 Å². The van der Waals surface area contributed by atoms with Gasteiger partial charge in [0, 0.05) is 24.2 Å². The molecule has 0 aromatic heterocycles. The topological polar surface area (TPSA) is 76.7 Å². The van der Waals surface area contributed by atoms with Crippen LogP contribution in [0.4, 0.5) is 5.69 Å². The molecule has 0 atom stereocenters. The lowest BCUT2D eigenvalue weighted by Crippen LogP contribution is -2.24. The lowest BCUT2D eigenvalue weighted by Gasteiger charge is -2.07. The monoisotopic (exact) mass is 398 g/mol. The van der Waals surface area contributed by atoms with E-state index in [-0.39, 0.29) is 11.8 Å². The molecule has 0 spiro atoms. The minimum absolute atomic E-state index is 0.0296. The summed E-state index contributed by atoms with van der Waals surface area (Å²) in [6.07, 6.45) is 5.39. The molecule has 156 valence electrons. The molecule has 2 aromatic rings. The van der Waals surface area contributed by atoms with Crippen LogP contribution < -0.4 is 20.1 Å². The van der Waals surface area contributed by atoms with Gasteiger partial charge in [-0.25, -0.2) is 0 Å². The quantitative estimate of drug-likeness (QED) is 0.519. The summed E-state index contributed by atoms with van der Waals surface area (Å²) in [5, 5.41) is 5.82. The molecule has 0 bridgehead atoms. The van der Waals surface area contributed by atoms with Gasteiger partial charge in [0.05, 0.1) is 14.2 Å². The van der Waals surface area contributed by atoms with Gasteiger partial charge in [-0.05, 0) is 61.4 Å². The number of benzene rings is 2. The van der Waals surface area contributed by atoms with E-state index in [2.05, 4.69) is 10.6 Å². The second-order valence-electron chi connectivity index (χ2n) is 6.78. The van der Waals surface area contributed by atoms with Crippen LogP contribution in [0.1, 0.15) is 48.9 Å². The highest BCUT2D eigenvalue weighted by molar-refractivity contribution is 5.94. The summed E-state index contributed by atoms with van der Waals surface area (Å²) in [5.74, 6) is 1.46. The SMILES string of the molecule is COc1ccc(NC(=O)CCCCCCCNC(=O)c2ccc(OC)cc2)cc1. The minimum Gasteiger partial charge on any atom is -0.497 e. The number of ether oxygens (including phenoxy) is 2. The number of hydrogen-bond acceptors (Lipinski definition) is 4. The van der Waals surface area contributed by atoms with Crippen molar-refractivity contribution >= 4 is 17.5 Å². The zero-order valence-corrected chi connectivity index (χ0v) is 17.2. The lowest BCUT2D eigenvalue weighted by atomic mass is 10.1. The van der Waals surface area contributed by atoms with Gasteiger partial charge in [0.1, 0.15) is 11.5 Å². The zero-order chi connectivity index (χ0) is 20.9. The molecule has 0 heterocycles. The fourth-order valence-corrected chi connectivity index (χ4v) is 2.89. The number of hydrogen-bond donors (Lipinski definition) is 2. The number of methoxy groups -OCH3 is 2. The smallest absolute Gasteiger partial charge is 0.251 e. The van der Waals surface area contributed by atoms with Crippen LogP contribution in [-0.4, -0.2) is 32.6 Å². The van der Waals surface area contributed by atoms with Crippen LogP contribution in [0.3, 0.4) is 0 Å². The molecule has 2 N–H and O–H groups in total. The second-order valence-corrected chi connectivity index (χ2v) is 6.78. The van der Waals surface area contributed by atoms with Gasteiger partial charge in [0.2, 0.25) is 5.91 Å². The van der Waals surface area contributed by atoms with Crippen molar-refractivity contribution in [3.8, 4) is 11.5 Å². The van der Waals surface area contributed by atoms with E-state index in [0.717, 1.165) is 49.3 Å². The van der Waals surface area contributed by atoms with E-state index in [1.165, 1.54) is 0 Å². The van der Waals surface area contributed by atoms with E-state index in [1.54, 1.807) is 38.5 Å². The summed E-state index contributed by atoms with van der Waals surface area (Å²) >= 11 is 0. The molecule has 6 heteroatoms. The molecule has 0 aliphatic heterocycles. The molecule has 0 aliphatic rings. The van der Waals surface area contributed by atoms with Crippen molar-refractivity contribution in [3.05, 3.63) is 54.1 Å². The first-order chi connectivity index (χ1) is 14.1. The van der Waals surface area contributed by atoms with Gasteiger partial charge in [0.25, 0.3) is 5.91 Å². The largest absolute Gasteiger partial charge is 0.497 e. The summed E-state index contributed by atoms with van der Waals surface area (Å²) in [4.78, 5) is 24.0. The molecule has 0 fully saturated rings. The van der Waals surface area contributed by atoms with Crippen molar-refractivity contribution in [2.75, 3.05) is 26.1 Å². The van der Waals surface area contributed by atoms with Crippen LogP contribution in [0.15, 0.2) is 48.5 Å². The number of nitrogens with one attached hydrogen (secondary N) is 2. The highest BCUT2D eigenvalue weighted by Crippen LogP contribution is 2.16. The van der Waals surface area contributed by atoms with E-state index in [9.17, 15) is 9.59 Å². The molecule has 2 aromatic carbocycles. The molecular weight excluding hydrogens is 368 g/mol. The van der Waals surface area contributed by atoms with Gasteiger partial charge < -0.3 is 20.1 Å². The van der Waals surface area contributed by atoms with Crippen molar-refractivity contribution in [1.29, 1.82) is 0 Å². The molecule has 6 nitrogen and oxygen atoms in total. The van der Waals surface area contributed by atoms with Crippen molar-refractivity contribution in [1.82, 2.24) is 5.32 Å². The Kier molecular flexibility index (Phi) is 9.55. The van der Waals surface area contributed by atoms with Gasteiger partial charge in [-0.15, -0.1) is 0 Å². The van der Waals surface area contributed by atoms with Crippen LogP contribution >= 0.6 is 0 Å². The first-order valence-electron chi connectivity index (χ1n) is 9.98. The summed E-state index contributed by atoms with van der Waals surface area (Å²) in [5.41, 5.74) is 1.41. The number of rotatable bonds is 12. The highest BCUT2D eigenvalue weighted by atomic mass is 16.5. The maximum atomic E-state index is 12.0. The van der Waals surface area contributed by atoms with Crippen molar-refractivity contribution in [3.63, 3.8) is 0 Å². The standard InChI is InChI=1S/C23H30N2O4/c1-28-20-13-9-18(10-14-20)23(27)24-17-7-5-3-4-6-8-22(26)25-19-11-15-21(29-2)16-12-19/h9-16H,3-8,17H2,1-2H3,(H,24,27)(H,25,26).